The summed E-state index contributed by atoms with van der Waals surface area (Å²) in [6.07, 6.45) is 7.46. The standard InChI is InChI=1S/C31H36N2OS2/c1-3-36-30-14-4-22(5-15-30)21-32-31(34)25-10-12-28(13-11-25)33(16-17-35-2)29-19-26(23-6-7-23)18-27(20-29)24-8-9-24/h4-5,10-15,18-20,23-24H,3,6-9,16-17,21H2,1-2H3,(H,32,34). The first kappa shape index (κ1) is 25.3. The average Bonchev–Trinajstić information content (AvgIpc) is 3.82. The molecule has 2 aliphatic rings. The molecule has 3 aromatic rings. The predicted molar refractivity (Wildman–Crippen MR) is 156 cm³/mol. The summed E-state index contributed by atoms with van der Waals surface area (Å²) >= 11 is 3.70. The summed E-state index contributed by atoms with van der Waals surface area (Å²) < 4.78 is 0. The lowest BCUT2D eigenvalue weighted by Gasteiger charge is -2.26. The molecule has 0 spiro atoms. The lowest BCUT2D eigenvalue weighted by Crippen LogP contribution is -2.23. The molecule has 0 aliphatic heterocycles. The Balaban J connectivity index is 1.29. The van der Waals surface area contributed by atoms with Crippen LogP contribution in [0.15, 0.2) is 71.6 Å². The number of benzene rings is 3. The maximum absolute atomic E-state index is 12.8. The number of nitrogens with zero attached hydrogens (tertiary/aromatic N) is 1. The van der Waals surface area contributed by atoms with Crippen molar-refractivity contribution in [3.8, 4) is 0 Å². The number of hydrogen-bond acceptors (Lipinski definition) is 4. The zero-order valence-corrected chi connectivity index (χ0v) is 23.0. The first-order valence-corrected chi connectivity index (χ1v) is 15.5. The predicted octanol–water partition coefficient (Wildman–Crippen LogP) is 7.98. The Bertz CT molecular complexity index is 1140. The number of thioether (sulfide) groups is 2. The minimum absolute atomic E-state index is 0.0315. The summed E-state index contributed by atoms with van der Waals surface area (Å²) in [6.45, 7) is 3.65. The van der Waals surface area contributed by atoms with Gasteiger partial charge in [-0.3, -0.25) is 4.79 Å². The molecule has 0 radical (unpaired) electrons. The Labute approximate surface area is 224 Å². The molecule has 1 amide bonds. The zero-order valence-electron chi connectivity index (χ0n) is 21.3. The van der Waals surface area contributed by atoms with E-state index >= 15 is 0 Å². The SMILES string of the molecule is CCSc1ccc(CNC(=O)c2ccc(N(CCSC)c3cc(C4CC4)cc(C4CC4)c3)cc2)cc1. The van der Waals surface area contributed by atoms with Gasteiger partial charge in [-0.2, -0.15) is 11.8 Å². The second-order valence-electron chi connectivity index (χ2n) is 9.86. The van der Waals surface area contributed by atoms with E-state index in [4.69, 9.17) is 0 Å². The molecule has 3 nitrogen and oxygen atoms in total. The summed E-state index contributed by atoms with van der Waals surface area (Å²) in [5.74, 6) is 3.59. The molecule has 0 atom stereocenters. The largest absolute Gasteiger partial charge is 0.348 e. The molecule has 0 aromatic heterocycles. The highest BCUT2D eigenvalue weighted by Crippen LogP contribution is 2.47. The van der Waals surface area contributed by atoms with Gasteiger partial charge in [0, 0.05) is 40.7 Å². The van der Waals surface area contributed by atoms with Gasteiger partial charge in [0.25, 0.3) is 5.91 Å². The van der Waals surface area contributed by atoms with Gasteiger partial charge >= 0.3 is 0 Å². The normalized spacial score (nSPS) is 15.1. The fraction of sp³-hybridized carbons (Fsp3) is 0.387. The van der Waals surface area contributed by atoms with Crippen LogP contribution in [-0.2, 0) is 6.54 Å². The molecule has 188 valence electrons. The first-order chi connectivity index (χ1) is 17.6. The molecule has 2 fully saturated rings. The van der Waals surface area contributed by atoms with Crippen LogP contribution in [0, 0.1) is 0 Å². The molecule has 1 N–H and O–H groups in total. The third-order valence-corrected chi connectivity index (χ3v) is 8.50. The molecular weight excluding hydrogens is 480 g/mol. The fourth-order valence-corrected chi connectivity index (χ4v) is 5.68. The van der Waals surface area contributed by atoms with Crippen molar-refractivity contribution in [3.05, 3.63) is 89.0 Å². The number of amides is 1. The van der Waals surface area contributed by atoms with Gasteiger partial charge in [0.05, 0.1) is 0 Å². The Hall–Kier alpha value is -2.37. The third-order valence-electron chi connectivity index (χ3n) is 7.02. The molecule has 2 aliphatic carbocycles. The average molecular weight is 517 g/mol. The van der Waals surface area contributed by atoms with E-state index in [-0.39, 0.29) is 5.91 Å². The Morgan fingerprint density at radius 3 is 2.08 bits per heavy atom. The Morgan fingerprint density at radius 1 is 0.889 bits per heavy atom. The van der Waals surface area contributed by atoms with Crippen molar-refractivity contribution in [2.24, 2.45) is 0 Å². The number of carbonyl (C=O) groups is 1. The van der Waals surface area contributed by atoms with Gasteiger partial charge in [-0.05, 0) is 115 Å². The van der Waals surface area contributed by atoms with Crippen LogP contribution in [0.2, 0.25) is 0 Å². The van der Waals surface area contributed by atoms with Gasteiger partial charge in [0.1, 0.15) is 0 Å². The van der Waals surface area contributed by atoms with E-state index in [1.54, 1.807) is 0 Å². The lowest BCUT2D eigenvalue weighted by atomic mass is 10.0. The van der Waals surface area contributed by atoms with E-state index in [1.807, 2.05) is 35.7 Å². The fourth-order valence-electron chi connectivity index (χ4n) is 4.66. The van der Waals surface area contributed by atoms with Crippen molar-refractivity contribution in [3.63, 3.8) is 0 Å². The monoisotopic (exact) mass is 516 g/mol. The van der Waals surface area contributed by atoms with E-state index in [0.717, 1.165) is 41.1 Å². The minimum Gasteiger partial charge on any atom is -0.348 e. The molecule has 36 heavy (non-hydrogen) atoms. The molecule has 2 saturated carbocycles. The van der Waals surface area contributed by atoms with E-state index in [1.165, 1.54) is 47.4 Å². The highest BCUT2D eigenvalue weighted by molar-refractivity contribution is 7.99. The summed E-state index contributed by atoms with van der Waals surface area (Å²) in [6, 6.07) is 23.9. The molecular formula is C31H36N2OS2. The zero-order chi connectivity index (χ0) is 24.9. The number of rotatable bonds is 12. The van der Waals surface area contributed by atoms with Crippen LogP contribution in [0.1, 0.15) is 71.5 Å². The lowest BCUT2D eigenvalue weighted by molar-refractivity contribution is 0.0951. The number of anilines is 2. The summed E-state index contributed by atoms with van der Waals surface area (Å²) in [4.78, 5) is 16.5. The van der Waals surface area contributed by atoms with Crippen LogP contribution in [0.25, 0.3) is 0 Å². The molecule has 5 heteroatoms. The Morgan fingerprint density at radius 2 is 1.53 bits per heavy atom. The van der Waals surface area contributed by atoms with Gasteiger partial charge in [-0.15, -0.1) is 11.8 Å². The van der Waals surface area contributed by atoms with Crippen molar-refractivity contribution in [2.75, 3.05) is 29.2 Å². The van der Waals surface area contributed by atoms with E-state index in [2.05, 4.69) is 78.0 Å². The molecule has 0 bridgehead atoms. The van der Waals surface area contributed by atoms with E-state index in [9.17, 15) is 4.79 Å². The molecule has 0 unspecified atom stereocenters. The second kappa shape index (κ2) is 11.8. The van der Waals surface area contributed by atoms with Crippen molar-refractivity contribution in [1.82, 2.24) is 5.32 Å². The maximum Gasteiger partial charge on any atom is 0.251 e. The number of hydrogen-bond donors (Lipinski definition) is 1. The maximum atomic E-state index is 12.8. The van der Waals surface area contributed by atoms with Gasteiger partial charge in [-0.25, -0.2) is 0 Å². The molecule has 0 saturated heterocycles. The molecule has 3 aromatic carbocycles. The highest BCUT2D eigenvalue weighted by atomic mass is 32.2. The van der Waals surface area contributed by atoms with Crippen molar-refractivity contribution in [2.45, 2.75) is 55.9 Å². The summed E-state index contributed by atoms with van der Waals surface area (Å²) in [5.41, 5.74) is 7.30. The Kier molecular flexibility index (Phi) is 8.28. The van der Waals surface area contributed by atoms with Gasteiger partial charge in [0.15, 0.2) is 0 Å². The van der Waals surface area contributed by atoms with Crippen molar-refractivity contribution in [1.29, 1.82) is 0 Å². The highest BCUT2D eigenvalue weighted by Gasteiger charge is 2.29. The second-order valence-corrected chi connectivity index (χ2v) is 12.2. The summed E-state index contributed by atoms with van der Waals surface area (Å²) in [5, 5.41) is 3.07. The van der Waals surface area contributed by atoms with Gasteiger partial charge < -0.3 is 10.2 Å². The van der Waals surface area contributed by atoms with E-state index in [0.29, 0.717) is 12.1 Å². The number of nitrogens with one attached hydrogen (secondary N) is 1. The van der Waals surface area contributed by atoms with Crippen LogP contribution in [0.5, 0.6) is 0 Å². The molecule has 5 rings (SSSR count). The topological polar surface area (TPSA) is 32.3 Å². The van der Waals surface area contributed by atoms with Crippen LogP contribution in [0.4, 0.5) is 11.4 Å². The van der Waals surface area contributed by atoms with Gasteiger partial charge in [0.2, 0.25) is 0 Å². The van der Waals surface area contributed by atoms with Crippen LogP contribution < -0.4 is 10.2 Å². The van der Waals surface area contributed by atoms with Crippen molar-refractivity contribution >= 4 is 40.8 Å². The molecule has 0 heterocycles. The third kappa shape index (κ3) is 6.49. The van der Waals surface area contributed by atoms with Crippen molar-refractivity contribution < 1.29 is 4.79 Å². The quantitative estimate of drug-likeness (QED) is 0.247. The van der Waals surface area contributed by atoms with E-state index < -0.39 is 0 Å². The summed E-state index contributed by atoms with van der Waals surface area (Å²) in [7, 11) is 0. The van der Waals surface area contributed by atoms with Gasteiger partial charge in [-0.1, -0.05) is 25.1 Å². The van der Waals surface area contributed by atoms with Crippen LogP contribution in [0.3, 0.4) is 0 Å². The number of carbonyl (C=O) groups excluding carboxylic acids is 1. The first-order valence-electron chi connectivity index (χ1n) is 13.2. The smallest absolute Gasteiger partial charge is 0.251 e. The van der Waals surface area contributed by atoms with Crippen LogP contribution >= 0.6 is 23.5 Å². The van der Waals surface area contributed by atoms with Crippen LogP contribution in [-0.4, -0.2) is 30.2 Å². The minimum atomic E-state index is -0.0315.